The van der Waals surface area contributed by atoms with Crippen LogP contribution in [0.2, 0.25) is 0 Å². The van der Waals surface area contributed by atoms with Gasteiger partial charge >= 0.3 is 0 Å². The van der Waals surface area contributed by atoms with Crippen LogP contribution < -0.4 is 10.6 Å². The van der Waals surface area contributed by atoms with Crippen LogP contribution in [0.25, 0.3) is 11.0 Å². The van der Waals surface area contributed by atoms with Gasteiger partial charge in [0.15, 0.2) is 0 Å². The van der Waals surface area contributed by atoms with Crippen molar-refractivity contribution < 1.29 is 9.42 Å². The first kappa shape index (κ1) is 13.1. The van der Waals surface area contributed by atoms with Gasteiger partial charge in [-0.25, -0.2) is 4.63 Å². The first-order chi connectivity index (χ1) is 9.83. The van der Waals surface area contributed by atoms with Crippen molar-refractivity contribution in [2.75, 3.05) is 13.1 Å². The lowest BCUT2D eigenvalue weighted by Gasteiger charge is -2.13. The number of rotatable bonds is 3. The maximum absolute atomic E-state index is 12.2. The second-order valence-corrected chi connectivity index (χ2v) is 5.18. The molecule has 0 unspecified atom stereocenters. The van der Waals surface area contributed by atoms with Crippen LogP contribution in [0, 0.1) is 5.92 Å². The van der Waals surface area contributed by atoms with Gasteiger partial charge in [-0.05, 0) is 60.4 Å². The second kappa shape index (κ2) is 6.00. The van der Waals surface area contributed by atoms with E-state index in [2.05, 4.69) is 25.6 Å². The van der Waals surface area contributed by atoms with Crippen molar-refractivity contribution in [3.8, 4) is 0 Å². The standard InChI is InChI=1S/C14H18N4O2/c19-14(11-2-1-6-15-7-5-11)16-9-10-3-4-12-13(8-10)18-20-17-12/h3-4,8,11,15H,1-2,5-7,9H2,(H,16,19)/t11-/m0/s1. The highest BCUT2D eigenvalue weighted by Gasteiger charge is 2.19. The summed E-state index contributed by atoms with van der Waals surface area (Å²) in [6.45, 7) is 2.46. The third kappa shape index (κ3) is 2.96. The van der Waals surface area contributed by atoms with Crippen LogP contribution in [0.4, 0.5) is 0 Å². The van der Waals surface area contributed by atoms with Gasteiger partial charge in [0.1, 0.15) is 11.0 Å². The van der Waals surface area contributed by atoms with Gasteiger partial charge in [0.25, 0.3) is 0 Å². The zero-order valence-electron chi connectivity index (χ0n) is 11.3. The summed E-state index contributed by atoms with van der Waals surface area (Å²) >= 11 is 0. The molecule has 0 aliphatic carbocycles. The second-order valence-electron chi connectivity index (χ2n) is 5.18. The fourth-order valence-electron chi connectivity index (χ4n) is 2.55. The SMILES string of the molecule is O=C(NCc1ccc2nonc2c1)[C@H]1CCCNCC1. The predicted molar refractivity (Wildman–Crippen MR) is 73.9 cm³/mol. The average molecular weight is 274 g/mol. The fraction of sp³-hybridized carbons (Fsp3) is 0.500. The molecule has 0 radical (unpaired) electrons. The minimum absolute atomic E-state index is 0.127. The zero-order chi connectivity index (χ0) is 13.8. The van der Waals surface area contributed by atoms with Crippen LogP contribution in [0.5, 0.6) is 0 Å². The number of aromatic nitrogens is 2. The van der Waals surface area contributed by atoms with Crippen molar-refractivity contribution in [2.45, 2.75) is 25.8 Å². The molecule has 6 nitrogen and oxygen atoms in total. The summed E-state index contributed by atoms with van der Waals surface area (Å²) in [6, 6.07) is 5.67. The Kier molecular flexibility index (Phi) is 3.92. The molecule has 2 heterocycles. The molecular formula is C14H18N4O2. The van der Waals surface area contributed by atoms with Crippen molar-refractivity contribution in [3.63, 3.8) is 0 Å². The molecule has 20 heavy (non-hydrogen) atoms. The van der Waals surface area contributed by atoms with Gasteiger partial charge in [0, 0.05) is 12.5 Å². The molecule has 2 aromatic rings. The van der Waals surface area contributed by atoms with Crippen molar-refractivity contribution in [2.24, 2.45) is 5.92 Å². The summed E-state index contributed by atoms with van der Waals surface area (Å²) in [4.78, 5) is 12.2. The number of nitrogens with one attached hydrogen (secondary N) is 2. The van der Waals surface area contributed by atoms with Gasteiger partial charge < -0.3 is 10.6 Å². The smallest absolute Gasteiger partial charge is 0.223 e. The third-order valence-electron chi connectivity index (χ3n) is 3.73. The van der Waals surface area contributed by atoms with E-state index in [-0.39, 0.29) is 11.8 Å². The summed E-state index contributed by atoms with van der Waals surface area (Å²) in [7, 11) is 0. The molecule has 3 rings (SSSR count). The Balaban J connectivity index is 1.58. The van der Waals surface area contributed by atoms with Crippen molar-refractivity contribution >= 4 is 16.9 Å². The zero-order valence-corrected chi connectivity index (χ0v) is 11.3. The summed E-state index contributed by atoms with van der Waals surface area (Å²) < 4.78 is 4.66. The number of nitrogens with zero attached hydrogens (tertiary/aromatic N) is 2. The molecule has 1 aliphatic rings. The van der Waals surface area contributed by atoms with Crippen molar-refractivity contribution in [1.82, 2.24) is 20.9 Å². The number of benzene rings is 1. The highest BCUT2D eigenvalue weighted by atomic mass is 16.6. The number of carbonyl (C=O) groups is 1. The van der Waals surface area contributed by atoms with E-state index >= 15 is 0 Å². The number of amides is 1. The third-order valence-corrected chi connectivity index (χ3v) is 3.73. The molecule has 0 spiro atoms. The van der Waals surface area contributed by atoms with Crippen LogP contribution in [-0.2, 0) is 11.3 Å². The van der Waals surface area contributed by atoms with Crippen LogP contribution >= 0.6 is 0 Å². The van der Waals surface area contributed by atoms with E-state index in [9.17, 15) is 4.79 Å². The molecule has 1 fully saturated rings. The Bertz CT molecular complexity index is 588. The Labute approximate surface area is 116 Å². The molecular weight excluding hydrogens is 256 g/mol. The van der Waals surface area contributed by atoms with Crippen LogP contribution in [-0.4, -0.2) is 29.3 Å². The molecule has 6 heteroatoms. The minimum Gasteiger partial charge on any atom is -0.352 e. The highest BCUT2D eigenvalue weighted by Crippen LogP contribution is 2.15. The van der Waals surface area contributed by atoms with Gasteiger partial charge in [-0.2, -0.15) is 0 Å². The molecule has 1 saturated heterocycles. The van der Waals surface area contributed by atoms with E-state index in [4.69, 9.17) is 0 Å². The Morgan fingerprint density at radius 1 is 1.30 bits per heavy atom. The van der Waals surface area contributed by atoms with E-state index in [1.54, 1.807) is 0 Å². The van der Waals surface area contributed by atoms with Crippen LogP contribution in [0.3, 0.4) is 0 Å². The topological polar surface area (TPSA) is 80.1 Å². The molecule has 1 aliphatic heterocycles. The maximum Gasteiger partial charge on any atom is 0.223 e. The molecule has 1 amide bonds. The fourth-order valence-corrected chi connectivity index (χ4v) is 2.55. The molecule has 1 aromatic carbocycles. The lowest BCUT2D eigenvalue weighted by atomic mass is 10.00. The van der Waals surface area contributed by atoms with E-state index < -0.39 is 0 Å². The van der Waals surface area contributed by atoms with E-state index in [1.807, 2.05) is 18.2 Å². The highest BCUT2D eigenvalue weighted by molar-refractivity contribution is 5.79. The van der Waals surface area contributed by atoms with Gasteiger partial charge in [-0.1, -0.05) is 6.07 Å². The molecule has 1 atom stereocenters. The summed E-state index contributed by atoms with van der Waals surface area (Å²) in [5.74, 6) is 0.273. The number of carbonyl (C=O) groups excluding carboxylic acids is 1. The van der Waals surface area contributed by atoms with Gasteiger partial charge in [0.2, 0.25) is 5.91 Å². The van der Waals surface area contributed by atoms with Crippen LogP contribution in [0.1, 0.15) is 24.8 Å². The van der Waals surface area contributed by atoms with Crippen LogP contribution in [0.15, 0.2) is 22.8 Å². The quantitative estimate of drug-likeness (QED) is 0.880. The Hall–Kier alpha value is -1.95. The van der Waals surface area contributed by atoms with Crippen molar-refractivity contribution in [1.29, 1.82) is 0 Å². The normalized spacial score (nSPS) is 19.7. The molecule has 2 N–H and O–H groups in total. The maximum atomic E-state index is 12.2. The first-order valence-corrected chi connectivity index (χ1v) is 7.02. The Morgan fingerprint density at radius 2 is 2.20 bits per heavy atom. The summed E-state index contributed by atoms with van der Waals surface area (Å²) in [5, 5.41) is 13.9. The minimum atomic E-state index is 0.127. The lowest BCUT2D eigenvalue weighted by Crippen LogP contribution is -2.30. The molecule has 0 bridgehead atoms. The van der Waals surface area contributed by atoms with Gasteiger partial charge in [-0.3, -0.25) is 4.79 Å². The largest absolute Gasteiger partial charge is 0.352 e. The van der Waals surface area contributed by atoms with Gasteiger partial charge in [-0.15, -0.1) is 0 Å². The van der Waals surface area contributed by atoms with E-state index in [0.717, 1.165) is 48.9 Å². The van der Waals surface area contributed by atoms with Crippen molar-refractivity contribution in [3.05, 3.63) is 23.8 Å². The monoisotopic (exact) mass is 274 g/mol. The molecule has 0 saturated carbocycles. The lowest BCUT2D eigenvalue weighted by molar-refractivity contribution is -0.125. The first-order valence-electron chi connectivity index (χ1n) is 7.02. The summed E-state index contributed by atoms with van der Waals surface area (Å²) in [6.07, 6.45) is 2.94. The molecule has 106 valence electrons. The average Bonchev–Trinajstić information content (AvgIpc) is 2.76. The molecule has 1 aromatic heterocycles. The van der Waals surface area contributed by atoms with E-state index in [1.165, 1.54) is 0 Å². The number of hydrogen-bond donors (Lipinski definition) is 2. The van der Waals surface area contributed by atoms with Gasteiger partial charge in [0.05, 0.1) is 0 Å². The Morgan fingerprint density at radius 3 is 3.15 bits per heavy atom. The number of hydrogen-bond acceptors (Lipinski definition) is 5. The predicted octanol–water partition coefficient (Wildman–Crippen LogP) is 1.23. The van der Waals surface area contributed by atoms with E-state index in [0.29, 0.717) is 6.54 Å². The number of fused-ring (bicyclic) bond motifs is 1. The summed E-state index contributed by atoms with van der Waals surface area (Å²) in [5.41, 5.74) is 2.46.